The van der Waals surface area contributed by atoms with E-state index in [1.807, 2.05) is 26.2 Å². The standard InChI is InChI=1S/C17H28N4O2.HI/c1-18-16(19-11-8-14-7-6-12-23-14)20-13-17(9-4-5-10-17)15(22)21(2)3;/h6-7,12H,4-5,8-11,13H2,1-3H3,(H2,18,19,20);1H. The number of furan rings is 1. The molecule has 1 amide bonds. The van der Waals surface area contributed by atoms with Gasteiger partial charge in [0.05, 0.1) is 11.7 Å². The van der Waals surface area contributed by atoms with E-state index in [0.717, 1.165) is 50.4 Å². The number of nitrogens with one attached hydrogen (secondary N) is 2. The maximum atomic E-state index is 12.6. The van der Waals surface area contributed by atoms with Crippen LogP contribution in [0.1, 0.15) is 31.4 Å². The Morgan fingerprint density at radius 2 is 2.04 bits per heavy atom. The summed E-state index contributed by atoms with van der Waals surface area (Å²) < 4.78 is 5.31. The van der Waals surface area contributed by atoms with E-state index in [0.29, 0.717) is 6.54 Å². The third kappa shape index (κ3) is 5.39. The first-order valence-electron chi connectivity index (χ1n) is 8.26. The second kappa shape index (κ2) is 9.90. The number of halogens is 1. The summed E-state index contributed by atoms with van der Waals surface area (Å²) in [5, 5.41) is 6.60. The lowest BCUT2D eigenvalue weighted by molar-refractivity contribution is -0.138. The van der Waals surface area contributed by atoms with E-state index in [-0.39, 0.29) is 35.3 Å². The van der Waals surface area contributed by atoms with Crippen LogP contribution in [0.15, 0.2) is 27.8 Å². The highest BCUT2D eigenvalue weighted by Crippen LogP contribution is 2.38. The summed E-state index contributed by atoms with van der Waals surface area (Å²) in [5.41, 5.74) is -0.290. The van der Waals surface area contributed by atoms with Crippen molar-refractivity contribution in [1.29, 1.82) is 0 Å². The molecule has 1 aliphatic rings. The second-order valence-electron chi connectivity index (χ2n) is 6.37. The van der Waals surface area contributed by atoms with Gasteiger partial charge in [-0.15, -0.1) is 24.0 Å². The lowest BCUT2D eigenvalue weighted by atomic mass is 9.84. The van der Waals surface area contributed by atoms with Gasteiger partial charge in [0.15, 0.2) is 5.96 Å². The summed E-state index contributed by atoms with van der Waals surface area (Å²) in [7, 11) is 5.41. The molecule has 0 aromatic carbocycles. The molecule has 0 unspecified atom stereocenters. The maximum absolute atomic E-state index is 12.6. The Balaban J connectivity index is 0.00000288. The Bertz CT molecular complexity index is 523. The molecular formula is C17H29IN4O2. The van der Waals surface area contributed by atoms with Crippen LogP contribution >= 0.6 is 24.0 Å². The molecule has 1 aromatic rings. The zero-order valence-electron chi connectivity index (χ0n) is 14.8. The molecule has 0 spiro atoms. The molecule has 1 aromatic heterocycles. The van der Waals surface area contributed by atoms with Gasteiger partial charge in [-0.2, -0.15) is 0 Å². The maximum Gasteiger partial charge on any atom is 0.230 e. The third-order valence-corrected chi connectivity index (χ3v) is 4.48. The SMILES string of the molecule is CN=C(NCCc1ccco1)NCC1(C(=O)N(C)C)CCCC1.I. The zero-order valence-corrected chi connectivity index (χ0v) is 17.1. The minimum Gasteiger partial charge on any atom is -0.469 e. The Kier molecular flexibility index (Phi) is 8.58. The largest absolute Gasteiger partial charge is 0.469 e. The van der Waals surface area contributed by atoms with Gasteiger partial charge >= 0.3 is 0 Å². The first kappa shape index (κ1) is 20.8. The van der Waals surface area contributed by atoms with Crippen molar-refractivity contribution in [1.82, 2.24) is 15.5 Å². The molecule has 6 nitrogen and oxygen atoms in total. The van der Waals surface area contributed by atoms with Gasteiger partial charge in [0.25, 0.3) is 0 Å². The van der Waals surface area contributed by atoms with Crippen molar-refractivity contribution in [3.63, 3.8) is 0 Å². The molecule has 2 rings (SSSR count). The van der Waals surface area contributed by atoms with E-state index in [2.05, 4.69) is 15.6 Å². The van der Waals surface area contributed by atoms with Crippen molar-refractivity contribution >= 4 is 35.8 Å². The van der Waals surface area contributed by atoms with E-state index in [4.69, 9.17) is 4.42 Å². The minimum atomic E-state index is -0.290. The number of hydrogen-bond acceptors (Lipinski definition) is 3. The van der Waals surface area contributed by atoms with Crippen LogP contribution in [0, 0.1) is 5.41 Å². The molecule has 1 saturated carbocycles. The molecule has 1 fully saturated rings. The minimum absolute atomic E-state index is 0. The molecule has 0 saturated heterocycles. The number of amides is 1. The molecular weight excluding hydrogens is 419 g/mol. The number of guanidine groups is 1. The lowest BCUT2D eigenvalue weighted by Gasteiger charge is -2.31. The summed E-state index contributed by atoms with van der Waals surface area (Å²) >= 11 is 0. The van der Waals surface area contributed by atoms with Crippen molar-refractivity contribution in [3.8, 4) is 0 Å². The molecule has 2 N–H and O–H groups in total. The molecule has 7 heteroatoms. The molecule has 0 bridgehead atoms. The van der Waals surface area contributed by atoms with E-state index in [1.54, 1.807) is 18.2 Å². The average molecular weight is 448 g/mol. The Hall–Kier alpha value is -1.25. The highest BCUT2D eigenvalue weighted by Gasteiger charge is 2.42. The number of carbonyl (C=O) groups is 1. The van der Waals surface area contributed by atoms with Crippen LogP contribution in [0.4, 0.5) is 0 Å². The Morgan fingerprint density at radius 1 is 1.33 bits per heavy atom. The quantitative estimate of drug-likeness (QED) is 0.398. The van der Waals surface area contributed by atoms with Crippen molar-refractivity contribution < 1.29 is 9.21 Å². The van der Waals surface area contributed by atoms with Gasteiger partial charge < -0.3 is 20.0 Å². The van der Waals surface area contributed by atoms with Crippen molar-refractivity contribution in [2.45, 2.75) is 32.1 Å². The van der Waals surface area contributed by atoms with Crippen molar-refractivity contribution in [3.05, 3.63) is 24.2 Å². The summed E-state index contributed by atoms with van der Waals surface area (Å²) in [6.07, 6.45) is 6.60. The van der Waals surface area contributed by atoms with Crippen LogP contribution < -0.4 is 10.6 Å². The van der Waals surface area contributed by atoms with Crippen LogP contribution in [-0.2, 0) is 11.2 Å². The van der Waals surface area contributed by atoms with Crippen molar-refractivity contribution in [2.75, 3.05) is 34.2 Å². The van der Waals surface area contributed by atoms with Gasteiger partial charge in [0.1, 0.15) is 5.76 Å². The van der Waals surface area contributed by atoms with Gasteiger partial charge in [-0.25, -0.2) is 0 Å². The average Bonchev–Trinajstić information content (AvgIpc) is 3.22. The zero-order chi connectivity index (χ0) is 16.7. The van der Waals surface area contributed by atoms with Gasteiger partial charge in [0, 0.05) is 40.7 Å². The van der Waals surface area contributed by atoms with Crippen molar-refractivity contribution in [2.24, 2.45) is 10.4 Å². The van der Waals surface area contributed by atoms with Gasteiger partial charge in [0.2, 0.25) is 5.91 Å². The first-order chi connectivity index (χ1) is 11.1. The summed E-state index contributed by atoms with van der Waals surface area (Å²) in [4.78, 5) is 18.5. The Labute approximate surface area is 161 Å². The summed E-state index contributed by atoms with van der Waals surface area (Å²) in [6.45, 7) is 1.37. The van der Waals surface area contributed by atoms with Crippen LogP contribution in [0.2, 0.25) is 0 Å². The van der Waals surface area contributed by atoms with Gasteiger partial charge in [-0.3, -0.25) is 9.79 Å². The van der Waals surface area contributed by atoms with E-state index in [1.165, 1.54) is 0 Å². The van der Waals surface area contributed by atoms with Crippen LogP contribution in [0.25, 0.3) is 0 Å². The van der Waals surface area contributed by atoms with Crippen LogP contribution in [0.3, 0.4) is 0 Å². The fraction of sp³-hybridized carbons (Fsp3) is 0.647. The highest BCUT2D eigenvalue weighted by atomic mass is 127. The number of hydrogen-bond donors (Lipinski definition) is 2. The number of aliphatic imine (C=N–C) groups is 1. The molecule has 1 heterocycles. The smallest absolute Gasteiger partial charge is 0.230 e. The van der Waals surface area contributed by atoms with Gasteiger partial charge in [-0.05, 0) is 25.0 Å². The molecule has 1 aliphatic carbocycles. The monoisotopic (exact) mass is 448 g/mol. The van der Waals surface area contributed by atoms with Gasteiger partial charge in [-0.1, -0.05) is 12.8 Å². The van der Waals surface area contributed by atoms with E-state index >= 15 is 0 Å². The molecule has 0 atom stereocenters. The molecule has 0 aliphatic heterocycles. The first-order valence-corrected chi connectivity index (χ1v) is 8.26. The predicted octanol–water partition coefficient (Wildman–Crippen LogP) is 2.25. The molecule has 0 radical (unpaired) electrons. The van der Waals surface area contributed by atoms with E-state index < -0.39 is 0 Å². The second-order valence-corrected chi connectivity index (χ2v) is 6.37. The van der Waals surface area contributed by atoms with Crippen LogP contribution in [-0.4, -0.2) is 51.0 Å². The topological polar surface area (TPSA) is 69.9 Å². The fourth-order valence-electron chi connectivity index (χ4n) is 3.22. The molecule has 24 heavy (non-hydrogen) atoms. The highest BCUT2D eigenvalue weighted by molar-refractivity contribution is 14.0. The number of nitrogens with zero attached hydrogens (tertiary/aromatic N) is 2. The third-order valence-electron chi connectivity index (χ3n) is 4.48. The Morgan fingerprint density at radius 3 is 2.58 bits per heavy atom. The number of carbonyl (C=O) groups excluding carboxylic acids is 1. The number of rotatable bonds is 6. The predicted molar refractivity (Wildman–Crippen MR) is 107 cm³/mol. The van der Waals surface area contributed by atoms with E-state index in [9.17, 15) is 4.79 Å². The summed E-state index contributed by atoms with van der Waals surface area (Å²) in [6, 6.07) is 3.85. The summed E-state index contributed by atoms with van der Waals surface area (Å²) in [5.74, 6) is 1.89. The molecule has 136 valence electrons. The normalized spacial score (nSPS) is 16.4. The fourth-order valence-corrected chi connectivity index (χ4v) is 3.22. The lowest BCUT2D eigenvalue weighted by Crippen LogP contribution is -2.49. The van der Waals surface area contributed by atoms with Crippen LogP contribution in [0.5, 0.6) is 0 Å².